The Morgan fingerprint density at radius 3 is 2.40 bits per heavy atom. The second-order valence-electron chi connectivity index (χ2n) is 10.2. The molecule has 0 amide bonds. The molecule has 0 unspecified atom stereocenters. The second kappa shape index (κ2) is 12.0. The molecule has 0 aliphatic rings. The molecule has 8 nitrogen and oxygen atoms in total. The Morgan fingerprint density at radius 2 is 1.74 bits per heavy atom. The van der Waals surface area contributed by atoms with Crippen molar-refractivity contribution in [2.24, 2.45) is 0 Å². The van der Waals surface area contributed by atoms with Crippen LogP contribution in [-0.2, 0) is 19.6 Å². The molecule has 0 aliphatic heterocycles. The number of nitrogens with two attached hydrogens (primary N) is 1. The molecule has 2 aromatic heterocycles. The van der Waals surface area contributed by atoms with Gasteiger partial charge in [-0.05, 0) is 37.2 Å². The number of rotatable bonds is 10. The Morgan fingerprint density at radius 1 is 1.02 bits per heavy atom. The average molecular weight is 582 g/mol. The number of fused-ring (bicyclic) bond motifs is 1. The maximum Gasteiger partial charge on any atom is 0.341 e. The number of thiophene rings is 1. The molecule has 0 fully saturated rings. The Bertz CT molecular complexity index is 1860. The first-order valence-electron chi connectivity index (χ1n) is 13.3. The highest BCUT2D eigenvalue weighted by atomic mass is 32.1. The van der Waals surface area contributed by atoms with Crippen LogP contribution in [0, 0.1) is 0 Å². The topological polar surface area (TPSA) is 115 Å². The van der Waals surface area contributed by atoms with E-state index in [1.165, 1.54) is 24.5 Å². The number of anilines is 1. The summed E-state index contributed by atoms with van der Waals surface area (Å²) in [6.07, 6.45) is 1.40. The molecule has 2 heterocycles. The maximum atomic E-state index is 13.8. The van der Waals surface area contributed by atoms with E-state index in [9.17, 15) is 19.5 Å². The number of para-hydroxylation sites is 1. The molecule has 5 aromatic rings. The van der Waals surface area contributed by atoms with Crippen LogP contribution < -0.4 is 15.9 Å². The van der Waals surface area contributed by atoms with E-state index in [0.29, 0.717) is 58.0 Å². The number of Topliss-reactive ketones (excluding diaryl/α,β-unsaturated/α-hetero) is 1. The molecule has 5 rings (SSSR count). The zero-order valence-electron chi connectivity index (χ0n) is 23.6. The van der Waals surface area contributed by atoms with Crippen molar-refractivity contribution in [3.8, 4) is 16.2 Å². The first-order chi connectivity index (χ1) is 20.2. The minimum Gasteiger partial charge on any atom is -0.496 e. The number of carbonyl (C=O) groups excluding carboxylic acids is 1. The zero-order valence-corrected chi connectivity index (χ0v) is 24.4. The van der Waals surface area contributed by atoms with Gasteiger partial charge in [-0.3, -0.25) is 14.5 Å². The smallest absolute Gasteiger partial charge is 0.341 e. The highest BCUT2D eigenvalue weighted by Gasteiger charge is 2.25. The van der Waals surface area contributed by atoms with Gasteiger partial charge in [0.1, 0.15) is 16.1 Å². The van der Waals surface area contributed by atoms with Crippen LogP contribution >= 0.6 is 11.3 Å². The van der Waals surface area contributed by atoms with Crippen molar-refractivity contribution in [1.29, 1.82) is 0 Å². The number of methoxy groups -OCH3 is 1. The molecular formula is C33H31N3O5S. The number of hydrogen-bond acceptors (Lipinski definition) is 7. The number of ketones is 1. The largest absolute Gasteiger partial charge is 0.496 e. The third-order valence-corrected chi connectivity index (χ3v) is 8.50. The van der Waals surface area contributed by atoms with Gasteiger partial charge in [-0.1, -0.05) is 60.7 Å². The van der Waals surface area contributed by atoms with Crippen molar-refractivity contribution in [2.75, 3.05) is 19.9 Å². The van der Waals surface area contributed by atoms with Gasteiger partial charge in [0.15, 0.2) is 5.78 Å². The molecule has 9 heteroatoms. The summed E-state index contributed by atoms with van der Waals surface area (Å²) >= 11 is 1.39. The lowest BCUT2D eigenvalue weighted by atomic mass is 10.0. The van der Waals surface area contributed by atoms with Gasteiger partial charge in [0, 0.05) is 46.5 Å². The summed E-state index contributed by atoms with van der Waals surface area (Å²) in [5, 5.41) is 10.4. The Balaban J connectivity index is 1.75. The lowest BCUT2D eigenvalue weighted by molar-refractivity contribution is 0.0694. The second-order valence-corrected chi connectivity index (χ2v) is 11.2. The highest BCUT2D eigenvalue weighted by Crippen LogP contribution is 2.41. The molecule has 3 aromatic carbocycles. The van der Waals surface area contributed by atoms with E-state index in [2.05, 4.69) is 4.90 Å². The minimum absolute atomic E-state index is 0.102. The molecule has 3 N–H and O–H groups in total. The molecule has 0 bridgehead atoms. The molecular weight excluding hydrogens is 550 g/mol. The average Bonchev–Trinajstić information content (AvgIpc) is 3.34. The summed E-state index contributed by atoms with van der Waals surface area (Å²) in [4.78, 5) is 41.6. The SMILES string of the molecule is COc1ccccc1Cn1cc(C(=O)O)c(=O)c2c(CN(C)Cc3ccccc3)c(-c3ccc(C(C)=O)cc3N)sc21. The lowest BCUT2D eigenvalue weighted by Gasteiger charge is -2.18. The number of carboxylic acids is 1. The fourth-order valence-corrected chi connectivity index (χ4v) is 6.49. The number of hydrogen-bond donors (Lipinski definition) is 2. The van der Waals surface area contributed by atoms with Crippen LogP contribution in [0.15, 0.2) is 83.8 Å². The first kappa shape index (κ1) is 28.8. The van der Waals surface area contributed by atoms with Crippen LogP contribution in [-0.4, -0.2) is 40.5 Å². The standard InChI is InChI=1S/C33H31N3O5S/c1-20(37)22-13-14-24(27(34)15-22)31-25(18-35(2)16-21-9-5-4-6-10-21)29-30(38)26(33(39)40)19-36(32(29)42-31)17-23-11-7-8-12-28(23)41-3/h4-15,19H,16-18,34H2,1-3H3,(H,39,40). The summed E-state index contributed by atoms with van der Waals surface area (Å²) in [5.74, 6) is -0.739. The molecule has 0 aliphatic carbocycles. The molecule has 214 valence electrons. The van der Waals surface area contributed by atoms with E-state index in [0.717, 1.165) is 16.0 Å². The van der Waals surface area contributed by atoms with Gasteiger partial charge in [-0.2, -0.15) is 0 Å². The number of aromatic nitrogens is 1. The fraction of sp³-hybridized carbons (Fsp3) is 0.182. The fourth-order valence-electron chi connectivity index (χ4n) is 5.16. The summed E-state index contributed by atoms with van der Waals surface area (Å²) in [6.45, 7) is 2.75. The van der Waals surface area contributed by atoms with Crippen molar-refractivity contribution >= 4 is 39.0 Å². The summed E-state index contributed by atoms with van der Waals surface area (Å²) < 4.78 is 7.34. The number of ether oxygens (including phenoxy) is 1. The molecule has 0 atom stereocenters. The molecule has 0 saturated carbocycles. The van der Waals surface area contributed by atoms with E-state index in [-0.39, 0.29) is 11.3 Å². The predicted octanol–water partition coefficient (Wildman–Crippen LogP) is 5.90. The third-order valence-electron chi connectivity index (χ3n) is 7.20. The van der Waals surface area contributed by atoms with Crippen LogP contribution in [0.25, 0.3) is 20.7 Å². The molecule has 0 radical (unpaired) electrons. The quantitative estimate of drug-likeness (QED) is 0.156. The third kappa shape index (κ3) is 5.70. The van der Waals surface area contributed by atoms with Crippen LogP contribution in [0.4, 0.5) is 5.69 Å². The number of nitrogen functional groups attached to an aromatic ring is 1. The number of pyridine rings is 1. The van der Waals surface area contributed by atoms with Gasteiger partial charge in [0.05, 0.1) is 19.0 Å². The van der Waals surface area contributed by atoms with E-state index in [1.54, 1.807) is 29.9 Å². The van der Waals surface area contributed by atoms with Gasteiger partial charge in [-0.25, -0.2) is 4.79 Å². The molecule has 0 spiro atoms. The van der Waals surface area contributed by atoms with Crippen LogP contribution in [0.5, 0.6) is 5.75 Å². The van der Waals surface area contributed by atoms with Crippen molar-refractivity contribution < 1.29 is 19.4 Å². The van der Waals surface area contributed by atoms with Gasteiger partial charge in [0.25, 0.3) is 0 Å². The van der Waals surface area contributed by atoms with Gasteiger partial charge < -0.3 is 20.1 Å². The monoisotopic (exact) mass is 581 g/mol. The van der Waals surface area contributed by atoms with E-state index >= 15 is 0 Å². The van der Waals surface area contributed by atoms with Crippen molar-refractivity contribution in [2.45, 2.75) is 26.6 Å². The van der Waals surface area contributed by atoms with E-state index in [1.807, 2.05) is 61.6 Å². The maximum absolute atomic E-state index is 13.8. The number of carboxylic acid groups (broad SMARTS) is 1. The normalized spacial score (nSPS) is 11.2. The molecule has 42 heavy (non-hydrogen) atoms. The minimum atomic E-state index is -1.29. The zero-order chi connectivity index (χ0) is 30.0. The van der Waals surface area contributed by atoms with E-state index in [4.69, 9.17) is 10.5 Å². The number of aromatic carboxylic acids is 1. The number of nitrogens with zero attached hydrogens (tertiary/aromatic N) is 2. The Hall–Kier alpha value is -4.73. The van der Waals surface area contributed by atoms with Crippen LogP contribution in [0.2, 0.25) is 0 Å². The van der Waals surface area contributed by atoms with Crippen LogP contribution in [0.3, 0.4) is 0 Å². The van der Waals surface area contributed by atoms with Gasteiger partial charge in [0.2, 0.25) is 5.43 Å². The van der Waals surface area contributed by atoms with Gasteiger partial charge in [-0.15, -0.1) is 11.3 Å². The number of benzene rings is 3. The van der Waals surface area contributed by atoms with Crippen molar-refractivity contribution in [3.63, 3.8) is 0 Å². The molecule has 0 saturated heterocycles. The van der Waals surface area contributed by atoms with Crippen molar-refractivity contribution in [1.82, 2.24) is 9.47 Å². The summed E-state index contributed by atoms with van der Waals surface area (Å²) in [7, 11) is 3.54. The van der Waals surface area contributed by atoms with Gasteiger partial charge >= 0.3 is 5.97 Å². The Kier molecular flexibility index (Phi) is 8.24. The predicted molar refractivity (Wildman–Crippen MR) is 167 cm³/mol. The van der Waals surface area contributed by atoms with Crippen LogP contribution in [0.1, 0.15) is 44.3 Å². The Labute approximate surface area is 247 Å². The highest BCUT2D eigenvalue weighted by molar-refractivity contribution is 7.22. The van der Waals surface area contributed by atoms with E-state index < -0.39 is 11.4 Å². The summed E-state index contributed by atoms with van der Waals surface area (Å²) in [6, 6.07) is 22.6. The van der Waals surface area contributed by atoms with Crippen molar-refractivity contribution in [3.05, 3.63) is 117 Å². The lowest BCUT2D eigenvalue weighted by Crippen LogP contribution is -2.22. The number of carbonyl (C=O) groups is 2. The first-order valence-corrected chi connectivity index (χ1v) is 14.2. The summed E-state index contributed by atoms with van der Waals surface area (Å²) in [5.41, 5.74) is 9.86.